The lowest BCUT2D eigenvalue weighted by Gasteiger charge is -1.90. The third-order valence-corrected chi connectivity index (χ3v) is 1.60. The maximum atomic E-state index is 9.08. The Bertz CT molecular complexity index is 429. The Morgan fingerprint density at radius 1 is 1.36 bits per heavy atom. The third-order valence-electron chi connectivity index (χ3n) is 1.60. The molecule has 1 aliphatic rings. The molecule has 1 aromatic rings. The highest BCUT2D eigenvalue weighted by Crippen LogP contribution is 2.09. The van der Waals surface area contributed by atoms with Crippen LogP contribution in [-0.2, 0) is 16.5 Å². The average Bonchev–Trinajstić information content (AvgIpc) is 2.47. The number of nitrogens with one attached hydrogen (secondary N) is 1. The summed E-state index contributed by atoms with van der Waals surface area (Å²) in [4.78, 5) is 3.18. The Balaban J connectivity index is 0.000000171. The van der Waals surface area contributed by atoms with E-state index in [1.807, 2.05) is 6.07 Å². The Hall–Kier alpha value is -1.20. The highest BCUT2D eigenvalue weighted by atomic mass is 32.2. The van der Waals surface area contributed by atoms with Gasteiger partial charge in [-0.2, -0.15) is 0 Å². The lowest BCUT2D eigenvalue weighted by molar-refractivity contribution is -0.343. The highest BCUT2D eigenvalue weighted by Gasteiger charge is 2.09. The van der Waals surface area contributed by atoms with Crippen LogP contribution in [0.5, 0.6) is 0 Å². The smallest absolute Gasteiger partial charge is 0.206 e. The lowest BCUT2D eigenvalue weighted by atomic mass is 10.2. The van der Waals surface area contributed by atoms with Crippen molar-refractivity contribution >= 4 is 22.0 Å². The maximum absolute atomic E-state index is 9.08. The van der Waals surface area contributed by atoms with Crippen molar-refractivity contribution < 1.29 is 18.0 Å². The van der Waals surface area contributed by atoms with Crippen LogP contribution in [0.25, 0.3) is 0 Å². The third kappa shape index (κ3) is 4.15. The van der Waals surface area contributed by atoms with Gasteiger partial charge in [-0.25, -0.2) is 13.4 Å². The summed E-state index contributed by atoms with van der Waals surface area (Å²) in [7, 11) is -3.92. The first kappa shape index (κ1) is 10.9. The Morgan fingerprint density at radius 3 is 2.50 bits per heavy atom. The Morgan fingerprint density at radius 2 is 1.93 bits per heavy atom. The molecular formula is C9H11NO3S. The zero-order chi connectivity index (χ0) is 10.6. The molecule has 5 heteroatoms. The zero-order valence-electron chi connectivity index (χ0n) is 7.73. The summed E-state index contributed by atoms with van der Waals surface area (Å²) in [6.07, 6.45) is 3.74. The predicted molar refractivity (Wildman–Crippen MR) is 52.5 cm³/mol. The van der Waals surface area contributed by atoms with Crippen molar-refractivity contribution in [3.63, 3.8) is 0 Å². The van der Waals surface area contributed by atoms with E-state index in [0.717, 1.165) is 6.42 Å². The van der Waals surface area contributed by atoms with Gasteiger partial charge in [-0.3, -0.25) is 0 Å². The van der Waals surface area contributed by atoms with Crippen LogP contribution < -0.4 is 4.99 Å². The minimum Gasteiger partial charge on any atom is -0.748 e. The average molecular weight is 213 g/mol. The molecule has 4 nitrogen and oxygen atoms in total. The van der Waals surface area contributed by atoms with Crippen LogP contribution >= 0.6 is 0 Å². The van der Waals surface area contributed by atoms with Gasteiger partial charge < -0.3 is 4.55 Å². The molecule has 0 unspecified atom stereocenters. The van der Waals surface area contributed by atoms with Gasteiger partial charge in [0.25, 0.3) is 0 Å². The van der Waals surface area contributed by atoms with Crippen LogP contribution in [0.4, 0.5) is 5.69 Å². The predicted octanol–water partition coefficient (Wildman–Crippen LogP) is -0.813. The number of hydrogen-bond acceptors (Lipinski definition) is 3. The number of fused-ring (bicyclic) bond motifs is 1. The van der Waals surface area contributed by atoms with E-state index >= 15 is 0 Å². The minimum absolute atomic E-state index is 0.604. The maximum Gasteiger partial charge on any atom is 0.206 e. The first-order valence-corrected chi connectivity index (χ1v) is 5.85. The lowest BCUT2D eigenvalue weighted by Crippen LogP contribution is -2.58. The topological polar surface area (TPSA) is 71.2 Å². The van der Waals surface area contributed by atoms with Gasteiger partial charge in [-0.15, -0.1) is 0 Å². The molecule has 14 heavy (non-hydrogen) atoms. The van der Waals surface area contributed by atoms with E-state index in [9.17, 15) is 0 Å². The van der Waals surface area contributed by atoms with E-state index in [4.69, 9.17) is 13.0 Å². The van der Waals surface area contributed by atoms with Gasteiger partial charge in [-0.1, -0.05) is 18.2 Å². The normalized spacial score (nSPS) is 13.0. The SMILES string of the molecule is C1=[NH+]c2ccccc2C1.CS(=O)(=O)[O-]. The van der Waals surface area contributed by atoms with Gasteiger partial charge in [0.1, 0.15) is 6.21 Å². The van der Waals surface area contributed by atoms with Crippen LogP contribution in [0.15, 0.2) is 24.3 Å². The number of rotatable bonds is 0. The minimum atomic E-state index is -3.92. The van der Waals surface area contributed by atoms with Crippen LogP contribution in [0.3, 0.4) is 0 Å². The molecule has 1 heterocycles. The van der Waals surface area contributed by atoms with Gasteiger partial charge in [0.05, 0.1) is 16.5 Å². The fourth-order valence-corrected chi connectivity index (χ4v) is 1.11. The summed E-state index contributed by atoms with van der Waals surface area (Å²) < 4.78 is 27.2. The van der Waals surface area contributed by atoms with Crippen LogP contribution in [-0.4, -0.2) is 25.4 Å². The Labute approximate surface area is 83.1 Å². The molecule has 0 atom stereocenters. The van der Waals surface area contributed by atoms with Crippen molar-refractivity contribution in [1.82, 2.24) is 0 Å². The largest absolute Gasteiger partial charge is 0.748 e. The molecule has 0 bridgehead atoms. The molecule has 0 amide bonds. The molecule has 0 spiro atoms. The molecule has 0 fully saturated rings. The molecule has 0 saturated carbocycles. The van der Waals surface area contributed by atoms with Crippen LogP contribution in [0, 0.1) is 0 Å². The van der Waals surface area contributed by atoms with E-state index in [1.54, 1.807) is 0 Å². The molecule has 0 radical (unpaired) electrons. The second-order valence-corrected chi connectivity index (χ2v) is 4.32. The van der Waals surface area contributed by atoms with Gasteiger partial charge in [-0.05, 0) is 0 Å². The van der Waals surface area contributed by atoms with E-state index in [0.29, 0.717) is 6.26 Å². The summed E-state index contributed by atoms with van der Waals surface area (Å²) in [6.45, 7) is 0. The van der Waals surface area contributed by atoms with Crippen molar-refractivity contribution in [3.8, 4) is 0 Å². The summed E-state index contributed by atoms with van der Waals surface area (Å²) in [5, 5.41) is 0. The number of benzene rings is 1. The van der Waals surface area contributed by atoms with Gasteiger partial charge in [0, 0.05) is 17.9 Å². The molecular weight excluding hydrogens is 202 g/mol. The van der Waals surface area contributed by atoms with Crippen molar-refractivity contribution in [3.05, 3.63) is 29.8 Å². The summed E-state index contributed by atoms with van der Waals surface area (Å²) >= 11 is 0. The summed E-state index contributed by atoms with van der Waals surface area (Å²) in [5.41, 5.74) is 2.66. The molecule has 1 aliphatic heterocycles. The highest BCUT2D eigenvalue weighted by molar-refractivity contribution is 7.84. The standard InChI is InChI=1S/C8H7N.CH4O3S/c1-2-4-8-7(3-1)5-6-9-8;1-5(2,3)4/h1-4,6H,5H2;1H3,(H,2,3,4). The van der Waals surface area contributed by atoms with Crippen LogP contribution in [0.2, 0.25) is 0 Å². The quantitative estimate of drug-likeness (QED) is 0.573. The molecule has 2 rings (SSSR count). The fraction of sp³-hybridized carbons (Fsp3) is 0.222. The van der Waals surface area contributed by atoms with Gasteiger partial charge >= 0.3 is 0 Å². The van der Waals surface area contributed by atoms with Gasteiger partial charge in [0.15, 0.2) is 0 Å². The number of hydrogen-bond donors (Lipinski definition) is 1. The zero-order valence-corrected chi connectivity index (χ0v) is 8.54. The van der Waals surface area contributed by atoms with Crippen LogP contribution in [0.1, 0.15) is 5.56 Å². The van der Waals surface area contributed by atoms with E-state index in [-0.39, 0.29) is 0 Å². The second kappa shape index (κ2) is 4.34. The van der Waals surface area contributed by atoms with E-state index in [2.05, 4.69) is 29.4 Å². The van der Waals surface area contributed by atoms with E-state index in [1.165, 1.54) is 11.3 Å². The van der Waals surface area contributed by atoms with Gasteiger partial charge in [0.2, 0.25) is 5.69 Å². The van der Waals surface area contributed by atoms with Crippen molar-refractivity contribution in [2.24, 2.45) is 0 Å². The fourth-order valence-electron chi connectivity index (χ4n) is 1.11. The van der Waals surface area contributed by atoms with E-state index < -0.39 is 10.1 Å². The summed E-state index contributed by atoms with van der Waals surface area (Å²) in [6, 6.07) is 8.36. The monoisotopic (exact) mass is 213 g/mol. The van der Waals surface area contributed by atoms with Crippen molar-refractivity contribution in [1.29, 1.82) is 0 Å². The first-order chi connectivity index (χ1) is 6.47. The molecule has 0 saturated heterocycles. The number of para-hydroxylation sites is 1. The molecule has 76 valence electrons. The second-order valence-electron chi connectivity index (χ2n) is 2.91. The molecule has 0 aliphatic carbocycles. The Kier molecular flexibility index (Phi) is 3.38. The summed E-state index contributed by atoms with van der Waals surface area (Å²) in [5.74, 6) is 0. The molecule has 1 aromatic carbocycles. The van der Waals surface area contributed by atoms with Crippen molar-refractivity contribution in [2.45, 2.75) is 6.42 Å². The molecule has 0 aromatic heterocycles. The van der Waals surface area contributed by atoms with Crippen molar-refractivity contribution in [2.75, 3.05) is 6.26 Å². The molecule has 1 N–H and O–H groups in total. The first-order valence-electron chi connectivity index (χ1n) is 4.04.